The number of nitrogens with one attached hydrogen (secondary N) is 2. The molecular formula is C26H24Cl3FN4O. The highest BCUT2D eigenvalue weighted by molar-refractivity contribution is 6.40. The topological polar surface area (TPSA) is 47.6 Å². The third kappa shape index (κ3) is 4.99. The number of hydrogen-bond donors (Lipinski definition) is 2. The van der Waals surface area contributed by atoms with E-state index in [0.717, 1.165) is 55.8 Å². The molecule has 0 unspecified atom stereocenters. The Morgan fingerprint density at radius 1 is 0.914 bits per heavy atom. The van der Waals surface area contributed by atoms with Gasteiger partial charge in [0.25, 0.3) is 0 Å². The molecule has 0 radical (unpaired) electrons. The summed E-state index contributed by atoms with van der Waals surface area (Å²) in [4.78, 5) is 17.1. The second-order valence-electron chi connectivity index (χ2n) is 8.67. The molecule has 0 aliphatic carbocycles. The second kappa shape index (κ2) is 10.3. The smallest absolute Gasteiger partial charge is 0.326 e. The average molecular weight is 534 g/mol. The van der Waals surface area contributed by atoms with Crippen LogP contribution < -0.4 is 15.5 Å². The van der Waals surface area contributed by atoms with Gasteiger partial charge in [-0.1, -0.05) is 46.9 Å². The molecule has 1 saturated heterocycles. The van der Waals surface area contributed by atoms with E-state index in [9.17, 15) is 9.18 Å². The van der Waals surface area contributed by atoms with E-state index >= 15 is 0 Å². The number of urea groups is 1. The van der Waals surface area contributed by atoms with Gasteiger partial charge in [0, 0.05) is 50.4 Å². The van der Waals surface area contributed by atoms with Crippen LogP contribution in [-0.2, 0) is 13.0 Å². The molecule has 2 heterocycles. The van der Waals surface area contributed by atoms with Crippen LogP contribution in [0.3, 0.4) is 0 Å². The quantitative estimate of drug-likeness (QED) is 0.407. The predicted molar refractivity (Wildman–Crippen MR) is 141 cm³/mol. The molecule has 0 saturated carbocycles. The number of anilines is 2. The summed E-state index contributed by atoms with van der Waals surface area (Å²) in [6.07, 6.45) is 0.783. The van der Waals surface area contributed by atoms with Crippen molar-refractivity contribution in [2.24, 2.45) is 0 Å². The van der Waals surface area contributed by atoms with Crippen molar-refractivity contribution < 1.29 is 9.18 Å². The lowest BCUT2D eigenvalue weighted by Crippen LogP contribution is -2.44. The summed E-state index contributed by atoms with van der Waals surface area (Å²) in [6, 6.07) is 13.3. The van der Waals surface area contributed by atoms with Gasteiger partial charge < -0.3 is 15.5 Å². The Morgan fingerprint density at radius 3 is 2.37 bits per heavy atom. The summed E-state index contributed by atoms with van der Waals surface area (Å²) in [6.45, 7) is 5.11. The van der Waals surface area contributed by atoms with Crippen LogP contribution in [0.1, 0.15) is 11.1 Å². The van der Waals surface area contributed by atoms with E-state index in [4.69, 9.17) is 34.8 Å². The third-order valence-electron chi connectivity index (χ3n) is 6.46. The number of para-hydroxylation sites is 1. The van der Waals surface area contributed by atoms with Crippen molar-refractivity contribution in [3.8, 4) is 11.1 Å². The lowest BCUT2D eigenvalue weighted by atomic mass is 9.92. The number of amides is 2. The molecular weight excluding hydrogens is 510 g/mol. The molecule has 2 aliphatic heterocycles. The molecule has 2 N–H and O–H groups in total. The first-order chi connectivity index (χ1) is 16.9. The van der Waals surface area contributed by atoms with Crippen molar-refractivity contribution in [2.45, 2.75) is 13.0 Å². The van der Waals surface area contributed by atoms with Crippen molar-refractivity contribution >= 4 is 52.2 Å². The molecule has 0 atom stereocenters. The Morgan fingerprint density at radius 2 is 1.66 bits per heavy atom. The lowest BCUT2D eigenvalue weighted by Gasteiger charge is -2.33. The summed E-state index contributed by atoms with van der Waals surface area (Å²) >= 11 is 19.5. The fourth-order valence-corrected chi connectivity index (χ4v) is 5.53. The van der Waals surface area contributed by atoms with E-state index in [0.29, 0.717) is 38.6 Å². The predicted octanol–water partition coefficient (Wildman–Crippen LogP) is 6.26. The molecule has 0 aromatic heterocycles. The molecule has 2 aliphatic rings. The average Bonchev–Trinajstić information content (AvgIpc) is 2.84. The highest BCUT2D eigenvalue weighted by Gasteiger charge is 2.31. The zero-order valence-electron chi connectivity index (χ0n) is 18.9. The third-order valence-corrected chi connectivity index (χ3v) is 7.38. The first-order valence-corrected chi connectivity index (χ1v) is 12.6. The normalized spacial score (nSPS) is 16.2. The number of carbonyl (C=O) groups is 1. The Kier molecular flexibility index (Phi) is 7.19. The maximum absolute atomic E-state index is 13.8. The minimum atomic E-state index is -0.403. The van der Waals surface area contributed by atoms with E-state index in [1.807, 2.05) is 6.07 Å². The summed E-state index contributed by atoms with van der Waals surface area (Å²) in [5.74, 6) is -0.403. The minimum Gasteiger partial charge on any atom is -0.333 e. The molecule has 3 aromatic rings. The summed E-state index contributed by atoms with van der Waals surface area (Å²) in [5.41, 5.74) is 4.56. The fourth-order valence-electron chi connectivity index (χ4n) is 4.69. The summed E-state index contributed by atoms with van der Waals surface area (Å²) in [7, 11) is 0. The van der Waals surface area contributed by atoms with Crippen LogP contribution in [0.5, 0.6) is 0 Å². The Hall–Kier alpha value is -2.35. The number of carbonyl (C=O) groups excluding carboxylic acids is 1. The van der Waals surface area contributed by atoms with Gasteiger partial charge in [-0.3, -0.25) is 4.90 Å². The first kappa shape index (κ1) is 24.3. The molecule has 35 heavy (non-hydrogen) atoms. The highest BCUT2D eigenvalue weighted by Crippen LogP contribution is 2.44. The van der Waals surface area contributed by atoms with Crippen molar-refractivity contribution in [2.75, 3.05) is 37.6 Å². The largest absolute Gasteiger partial charge is 0.333 e. The van der Waals surface area contributed by atoms with Crippen molar-refractivity contribution in [1.82, 2.24) is 15.5 Å². The van der Waals surface area contributed by atoms with E-state index in [2.05, 4.69) is 21.6 Å². The molecule has 5 rings (SSSR count). The monoisotopic (exact) mass is 532 g/mol. The van der Waals surface area contributed by atoms with Crippen molar-refractivity contribution in [1.29, 1.82) is 0 Å². The molecule has 182 valence electrons. The van der Waals surface area contributed by atoms with Crippen LogP contribution in [0.25, 0.3) is 11.1 Å². The summed E-state index contributed by atoms with van der Waals surface area (Å²) < 4.78 is 13.8. The van der Waals surface area contributed by atoms with Crippen LogP contribution in [0.2, 0.25) is 15.1 Å². The second-order valence-corrected chi connectivity index (χ2v) is 9.89. The fraction of sp³-hybridized carbons (Fsp3) is 0.269. The highest BCUT2D eigenvalue weighted by atomic mass is 35.5. The molecule has 1 fully saturated rings. The van der Waals surface area contributed by atoms with Gasteiger partial charge in [0.1, 0.15) is 5.82 Å². The van der Waals surface area contributed by atoms with Gasteiger partial charge in [-0.05, 0) is 53.9 Å². The number of hydrogen-bond acceptors (Lipinski definition) is 3. The van der Waals surface area contributed by atoms with Crippen LogP contribution in [-0.4, -0.2) is 43.7 Å². The number of halogens is 4. The number of rotatable bonds is 5. The van der Waals surface area contributed by atoms with Crippen LogP contribution in [0.4, 0.5) is 20.6 Å². The Bertz CT molecular complexity index is 1260. The van der Waals surface area contributed by atoms with Crippen molar-refractivity contribution in [3.63, 3.8) is 0 Å². The zero-order chi connectivity index (χ0) is 24.5. The van der Waals surface area contributed by atoms with Gasteiger partial charge in [0.05, 0.1) is 26.4 Å². The molecule has 9 heteroatoms. The van der Waals surface area contributed by atoms with Gasteiger partial charge in [-0.2, -0.15) is 0 Å². The molecule has 5 nitrogen and oxygen atoms in total. The summed E-state index contributed by atoms with van der Waals surface area (Å²) in [5, 5.41) is 7.34. The van der Waals surface area contributed by atoms with Gasteiger partial charge in [0.15, 0.2) is 0 Å². The van der Waals surface area contributed by atoms with E-state index in [1.54, 1.807) is 24.3 Å². The maximum Gasteiger partial charge on any atom is 0.326 e. The minimum absolute atomic E-state index is 0.299. The molecule has 0 bridgehead atoms. The zero-order valence-corrected chi connectivity index (χ0v) is 21.2. The van der Waals surface area contributed by atoms with Gasteiger partial charge in [-0.15, -0.1) is 0 Å². The number of benzene rings is 3. The van der Waals surface area contributed by atoms with E-state index in [-0.39, 0.29) is 6.03 Å². The Balaban J connectivity index is 1.65. The lowest BCUT2D eigenvalue weighted by molar-refractivity contribution is 0.244. The maximum atomic E-state index is 13.8. The number of nitrogens with zero attached hydrogens (tertiary/aromatic N) is 2. The van der Waals surface area contributed by atoms with Crippen LogP contribution >= 0.6 is 34.8 Å². The number of fused-ring (bicyclic) bond motifs is 1. The SMILES string of the molecule is O=C1NCc2c(-c3ccc(F)cc3Cl)cc(CCN3CCNCC3)cc2N1c1c(Cl)cccc1Cl. The van der Waals surface area contributed by atoms with Crippen molar-refractivity contribution in [3.05, 3.63) is 80.5 Å². The molecule has 3 aromatic carbocycles. The van der Waals surface area contributed by atoms with Gasteiger partial charge >= 0.3 is 6.03 Å². The first-order valence-electron chi connectivity index (χ1n) is 11.5. The van der Waals surface area contributed by atoms with Gasteiger partial charge in [0.2, 0.25) is 0 Å². The van der Waals surface area contributed by atoms with Crippen LogP contribution in [0, 0.1) is 5.82 Å². The molecule has 2 amide bonds. The standard InChI is InChI=1S/C26H24Cl3FN4O/c27-21-2-1-3-22(28)25(21)34-24-13-16(6-9-33-10-7-31-8-11-33)12-19(20(24)15-32-26(34)35)18-5-4-17(30)14-23(18)29/h1-5,12-14,31H,6-11,15H2,(H,32,35). The Labute approximate surface area is 218 Å². The van der Waals surface area contributed by atoms with E-state index < -0.39 is 5.82 Å². The van der Waals surface area contributed by atoms with Crippen LogP contribution in [0.15, 0.2) is 48.5 Å². The van der Waals surface area contributed by atoms with E-state index in [1.165, 1.54) is 17.0 Å². The van der Waals surface area contributed by atoms with Gasteiger partial charge in [-0.25, -0.2) is 9.18 Å². The molecule has 0 spiro atoms. The number of piperazine rings is 1.